The number of rotatable bonds is 11. The average molecular weight is 671 g/mol. The first kappa shape index (κ1) is 34.9. The molecule has 2 saturated carbocycles. The number of fused-ring (bicyclic) bond motifs is 2. The molecule has 0 aromatic heterocycles. The number of aliphatic imine (C=N–C) groups is 1. The van der Waals surface area contributed by atoms with E-state index in [1.807, 2.05) is 46.2 Å². The molecule has 2 aromatic carbocycles. The molecule has 10 heteroatoms. The molecule has 2 aliphatic carbocycles. The van der Waals surface area contributed by atoms with Gasteiger partial charge in [0.2, 0.25) is 17.8 Å². The van der Waals surface area contributed by atoms with Gasteiger partial charge in [-0.25, -0.2) is 10.0 Å². The van der Waals surface area contributed by atoms with Crippen LogP contribution in [0, 0.1) is 5.92 Å². The molecule has 2 N–H and O–H groups in total. The summed E-state index contributed by atoms with van der Waals surface area (Å²) in [4.78, 5) is 48.7. The zero-order chi connectivity index (χ0) is 34.2. The summed E-state index contributed by atoms with van der Waals surface area (Å²) in [5, 5.41) is 5.20. The van der Waals surface area contributed by atoms with Gasteiger partial charge in [0.1, 0.15) is 12.3 Å². The van der Waals surface area contributed by atoms with Gasteiger partial charge in [-0.05, 0) is 88.5 Å². The van der Waals surface area contributed by atoms with Crippen molar-refractivity contribution < 1.29 is 19.1 Å². The third-order valence-electron chi connectivity index (χ3n) is 10.7. The Morgan fingerprint density at radius 3 is 2.49 bits per heavy atom. The first-order valence-electron chi connectivity index (χ1n) is 18.7. The Morgan fingerprint density at radius 1 is 0.939 bits per heavy atom. The molecular weight excluding hydrogens is 616 g/mol. The average Bonchev–Trinajstić information content (AvgIpc) is 3.11. The van der Waals surface area contributed by atoms with Crippen molar-refractivity contribution in [2.75, 3.05) is 19.7 Å². The predicted octanol–water partition coefficient (Wildman–Crippen LogP) is 6.33. The molecule has 4 aliphatic rings. The summed E-state index contributed by atoms with van der Waals surface area (Å²) >= 11 is 0. The fraction of sp³-hybridized carbons (Fsp3) is 0.590. The number of hydrogen-bond acceptors (Lipinski definition) is 7. The van der Waals surface area contributed by atoms with E-state index in [0.29, 0.717) is 60.9 Å². The maximum absolute atomic E-state index is 13.9. The molecule has 3 fully saturated rings. The van der Waals surface area contributed by atoms with Gasteiger partial charge >= 0.3 is 0 Å². The van der Waals surface area contributed by atoms with E-state index in [1.54, 1.807) is 12.1 Å². The number of guanidine groups is 1. The van der Waals surface area contributed by atoms with Crippen LogP contribution in [0.1, 0.15) is 113 Å². The summed E-state index contributed by atoms with van der Waals surface area (Å²) in [6.45, 7) is 6.07. The van der Waals surface area contributed by atoms with Crippen molar-refractivity contribution in [3.8, 4) is 5.75 Å². The summed E-state index contributed by atoms with van der Waals surface area (Å²) in [6.07, 6.45) is 14.1. The third kappa shape index (κ3) is 9.01. The molecule has 0 spiro atoms. The first-order chi connectivity index (χ1) is 23.9. The van der Waals surface area contributed by atoms with Crippen LogP contribution < -0.4 is 15.5 Å². The highest BCUT2D eigenvalue weighted by Gasteiger charge is 2.34. The van der Waals surface area contributed by atoms with Crippen molar-refractivity contribution >= 4 is 29.4 Å². The second-order valence-electron chi connectivity index (χ2n) is 14.5. The van der Waals surface area contributed by atoms with Crippen molar-refractivity contribution in [1.82, 2.24) is 25.6 Å². The van der Waals surface area contributed by atoms with E-state index in [4.69, 9.17) is 9.73 Å². The molecule has 2 aromatic rings. The second-order valence-corrected chi connectivity index (χ2v) is 14.5. The summed E-state index contributed by atoms with van der Waals surface area (Å²) in [5.74, 6) is 1.56. The van der Waals surface area contributed by atoms with Crippen LogP contribution in [0.3, 0.4) is 0 Å². The third-order valence-corrected chi connectivity index (χ3v) is 10.7. The minimum Gasteiger partial charge on any atom is -0.494 e. The summed E-state index contributed by atoms with van der Waals surface area (Å²) < 4.78 is 6.08. The van der Waals surface area contributed by atoms with Crippen LogP contribution in [0.2, 0.25) is 0 Å². The Balaban J connectivity index is 1.09. The Bertz CT molecular complexity index is 1470. The van der Waals surface area contributed by atoms with E-state index < -0.39 is 0 Å². The molecule has 0 radical (unpaired) electrons. The topological polar surface area (TPSA) is 107 Å². The quantitative estimate of drug-likeness (QED) is 0.271. The van der Waals surface area contributed by atoms with Crippen molar-refractivity contribution in [1.29, 1.82) is 0 Å². The zero-order valence-corrected chi connectivity index (χ0v) is 29.4. The highest BCUT2D eigenvalue weighted by Crippen LogP contribution is 2.34. The number of piperidine rings is 1. The second kappa shape index (κ2) is 16.7. The summed E-state index contributed by atoms with van der Waals surface area (Å²) in [5.41, 5.74) is 5.36. The number of benzene rings is 2. The molecule has 2 heterocycles. The maximum atomic E-state index is 13.9. The number of carbonyl (C=O) groups excluding carboxylic acids is 3. The number of nitrogens with one attached hydrogen (secondary N) is 2. The molecule has 3 amide bonds. The van der Waals surface area contributed by atoms with Crippen LogP contribution in [-0.2, 0) is 16.1 Å². The molecule has 2 unspecified atom stereocenters. The van der Waals surface area contributed by atoms with Crippen molar-refractivity contribution in [2.24, 2.45) is 10.9 Å². The summed E-state index contributed by atoms with van der Waals surface area (Å²) in [7, 11) is 0. The molecule has 49 heavy (non-hydrogen) atoms. The molecular formula is C39H54N6O4. The normalized spacial score (nSPS) is 21.3. The fourth-order valence-electron chi connectivity index (χ4n) is 8.26. The molecule has 10 nitrogen and oxygen atoms in total. The minimum atomic E-state index is -0.275. The highest BCUT2D eigenvalue weighted by atomic mass is 16.5. The van der Waals surface area contributed by atoms with Gasteiger partial charge in [-0.3, -0.25) is 25.1 Å². The molecule has 2 aliphatic heterocycles. The van der Waals surface area contributed by atoms with Crippen molar-refractivity contribution in [3.63, 3.8) is 0 Å². The molecule has 0 bridgehead atoms. The van der Waals surface area contributed by atoms with Crippen molar-refractivity contribution in [3.05, 3.63) is 59.7 Å². The van der Waals surface area contributed by atoms with Crippen LogP contribution in [-0.4, -0.2) is 76.3 Å². The highest BCUT2D eigenvalue weighted by molar-refractivity contribution is 6.07. The molecule has 6 rings (SSSR count). The Labute approximate surface area is 291 Å². The van der Waals surface area contributed by atoms with Gasteiger partial charge in [-0.2, -0.15) is 0 Å². The number of carbonyl (C=O) groups is 3. The monoisotopic (exact) mass is 670 g/mol. The lowest BCUT2D eigenvalue weighted by Gasteiger charge is -2.43. The van der Waals surface area contributed by atoms with E-state index in [2.05, 4.69) is 29.6 Å². The van der Waals surface area contributed by atoms with Gasteiger partial charge in [-0.1, -0.05) is 56.4 Å². The number of hydrogen-bond donors (Lipinski definition) is 2. The number of hydrazine groups is 1. The smallest absolute Gasteiger partial charge is 0.257 e. The SMILES string of the molecule is CC(C)N(C(=O)CN1Cc2ccc(OCCCC(=O)NN3CCCC4CCCCC43)cc2N=C1NC(=O)c1ccccc1)C1CCCCC1. The maximum Gasteiger partial charge on any atom is 0.257 e. The van der Waals surface area contributed by atoms with Gasteiger partial charge < -0.3 is 14.5 Å². The minimum absolute atomic E-state index is 0.0508. The van der Waals surface area contributed by atoms with Gasteiger partial charge in [0, 0.05) is 49.3 Å². The number of ether oxygens (including phenoxy) is 1. The number of nitrogens with zero attached hydrogens (tertiary/aromatic N) is 4. The zero-order valence-electron chi connectivity index (χ0n) is 29.4. The molecule has 2 atom stereocenters. The van der Waals surface area contributed by atoms with E-state index in [1.165, 1.54) is 38.5 Å². The molecule has 264 valence electrons. The lowest BCUT2D eigenvalue weighted by atomic mass is 9.79. The Hall–Kier alpha value is -3.92. The number of amides is 3. The van der Waals surface area contributed by atoms with Gasteiger partial charge in [0.15, 0.2) is 0 Å². The van der Waals surface area contributed by atoms with Crippen LogP contribution in [0.4, 0.5) is 5.69 Å². The summed E-state index contributed by atoms with van der Waals surface area (Å²) in [6, 6.07) is 15.6. The van der Waals surface area contributed by atoms with Crippen LogP contribution in [0.15, 0.2) is 53.5 Å². The largest absolute Gasteiger partial charge is 0.494 e. The van der Waals surface area contributed by atoms with E-state index in [9.17, 15) is 14.4 Å². The van der Waals surface area contributed by atoms with Crippen LogP contribution in [0.5, 0.6) is 5.75 Å². The molecule has 1 saturated heterocycles. The first-order valence-corrected chi connectivity index (χ1v) is 18.7. The van der Waals surface area contributed by atoms with Crippen molar-refractivity contribution in [2.45, 2.75) is 122 Å². The van der Waals surface area contributed by atoms with E-state index >= 15 is 0 Å². The van der Waals surface area contributed by atoms with E-state index in [-0.39, 0.29) is 36.3 Å². The Morgan fingerprint density at radius 2 is 1.69 bits per heavy atom. The lowest BCUT2D eigenvalue weighted by Crippen LogP contribution is -2.55. The fourth-order valence-corrected chi connectivity index (χ4v) is 8.26. The lowest BCUT2D eigenvalue weighted by molar-refractivity contribution is -0.136. The van der Waals surface area contributed by atoms with E-state index in [0.717, 1.165) is 44.2 Å². The van der Waals surface area contributed by atoms with Gasteiger partial charge in [0.05, 0.1) is 12.3 Å². The van der Waals surface area contributed by atoms with Gasteiger partial charge in [0.25, 0.3) is 5.91 Å². The standard InChI is InChI=1S/C39H54N6O4/c1-28(2)45(32-17-7-4-8-18-32)37(47)27-43-26-31-21-22-33(25-34(31)40-39(43)41-38(48)30-14-5-3-6-15-30)49-24-12-20-36(46)42-44-23-11-16-29-13-9-10-19-35(29)44/h3,5-6,14-15,21-22,25,28-29,32,35H,4,7-13,16-20,23-24,26-27H2,1-2H3,(H,42,46)(H,40,41,48). The van der Waals surface area contributed by atoms with Crippen LogP contribution in [0.25, 0.3) is 0 Å². The van der Waals surface area contributed by atoms with Crippen LogP contribution >= 0.6 is 0 Å². The van der Waals surface area contributed by atoms with Gasteiger partial charge in [-0.15, -0.1) is 0 Å². The predicted molar refractivity (Wildman–Crippen MR) is 191 cm³/mol. The Kier molecular flexibility index (Phi) is 11.9.